The van der Waals surface area contributed by atoms with E-state index in [4.69, 9.17) is 9.84 Å². The van der Waals surface area contributed by atoms with Gasteiger partial charge in [0.1, 0.15) is 5.83 Å². The van der Waals surface area contributed by atoms with Crippen LogP contribution in [0.3, 0.4) is 0 Å². The molecule has 0 bridgehead atoms. The molecule has 0 spiro atoms. The second kappa shape index (κ2) is 4.53. The quantitative estimate of drug-likeness (QED) is 0.786. The third kappa shape index (κ3) is 2.41. The molecule has 1 aliphatic carbocycles. The summed E-state index contributed by atoms with van der Waals surface area (Å²) in [6.07, 6.45) is 3.48. The summed E-state index contributed by atoms with van der Waals surface area (Å²) in [5.41, 5.74) is 0. The van der Waals surface area contributed by atoms with Gasteiger partial charge in [-0.2, -0.15) is 0 Å². The van der Waals surface area contributed by atoms with Crippen LogP contribution in [0.4, 0.5) is 8.78 Å². The molecule has 0 fully saturated rings. The van der Waals surface area contributed by atoms with E-state index in [2.05, 4.69) is 0 Å². The van der Waals surface area contributed by atoms with E-state index in [9.17, 15) is 13.6 Å². The molecule has 0 aromatic heterocycles. The van der Waals surface area contributed by atoms with Crippen molar-refractivity contribution in [1.29, 1.82) is 0 Å². The van der Waals surface area contributed by atoms with Gasteiger partial charge in [0.2, 0.25) is 5.85 Å². The second-order valence-corrected chi connectivity index (χ2v) is 3.23. The molecule has 3 nitrogen and oxygen atoms in total. The van der Waals surface area contributed by atoms with Crippen LogP contribution in [-0.4, -0.2) is 23.5 Å². The summed E-state index contributed by atoms with van der Waals surface area (Å²) in [7, 11) is 0. The predicted molar refractivity (Wildman–Crippen MR) is 49.5 cm³/mol. The SMILES string of the molecule is CCCOC1(F)C=CC=C(F)C1C(=O)O. The van der Waals surface area contributed by atoms with Crippen molar-refractivity contribution in [3.63, 3.8) is 0 Å². The molecule has 0 amide bonds. The standard InChI is InChI=1S/C10H12F2O3/c1-2-6-15-10(12)5-3-4-7(11)8(10)9(13)14/h3-5,8H,2,6H2,1H3,(H,13,14). The van der Waals surface area contributed by atoms with Gasteiger partial charge < -0.3 is 9.84 Å². The maximum atomic E-state index is 14.0. The minimum atomic E-state index is -2.58. The first-order valence-electron chi connectivity index (χ1n) is 4.62. The molecule has 0 saturated carbocycles. The van der Waals surface area contributed by atoms with Gasteiger partial charge in [0.15, 0.2) is 5.92 Å². The van der Waals surface area contributed by atoms with Crippen LogP contribution in [0.2, 0.25) is 0 Å². The van der Waals surface area contributed by atoms with Gasteiger partial charge >= 0.3 is 5.97 Å². The zero-order valence-electron chi connectivity index (χ0n) is 8.24. The lowest BCUT2D eigenvalue weighted by molar-refractivity contribution is -0.173. The summed E-state index contributed by atoms with van der Waals surface area (Å²) < 4.78 is 31.8. The van der Waals surface area contributed by atoms with Gasteiger partial charge in [0.25, 0.3) is 0 Å². The molecular weight excluding hydrogens is 206 g/mol. The minimum absolute atomic E-state index is 0.0396. The van der Waals surface area contributed by atoms with Crippen molar-refractivity contribution in [3.05, 3.63) is 24.1 Å². The van der Waals surface area contributed by atoms with E-state index < -0.39 is 23.6 Å². The maximum Gasteiger partial charge on any atom is 0.319 e. The third-order valence-corrected chi connectivity index (χ3v) is 2.02. The first kappa shape index (κ1) is 11.8. The molecule has 0 aromatic carbocycles. The van der Waals surface area contributed by atoms with Crippen molar-refractivity contribution in [3.8, 4) is 0 Å². The Kier molecular flexibility index (Phi) is 3.57. The predicted octanol–water partition coefficient (Wildman–Crippen LogP) is 2.20. The third-order valence-electron chi connectivity index (χ3n) is 2.02. The number of carboxylic acid groups (broad SMARTS) is 1. The van der Waals surface area contributed by atoms with E-state index in [0.717, 1.165) is 18.2 Å². The molecule has 1 aliphatic rings. The van der Waals surface area contributed by atoms with Crippen molar-refractivity contribution in [2.45, 2.75) is 19.2 Å². The van der Waals surface area contributed by atoms with Crippen molar-refractivity contribution in [1.82, 2.24) is 0 Å². The van der Waals surface area contributed by atoms with Gasteiger partial charge in [0.05, 0.1) is 6.61 Å². The number of aliphatic carboxylic acids is 1. The highest BCUT2D eigenvalue weighted by molar-refractivity contribution is 5.75. The fraction of sp³-hybridized carbons (Fsp3) is 0.500. The highest BCUT2D eigenvalue weighted by atomic mass is 19.2. The molecule has 1 N–H and O–H groups in total. The molecule has 0 radical (unpaired) electrons. The molecule has 2 atom stereocenters. The molecule has 5 heteroatoms. The number of halogens is 2. The first-order valence-corrected chi connectivity index (χ1v) is 4.62. The molecule has 0 heterocycles. The summed E-state index contributed by atoms with van der Waals surface area (Å²) in [5.74, 6) is -7.11. The topological polar surface area (TPSA) is 46.5 Å². The second-order valence-electron chi connectivity index (χ2n) is 3.23. The lowest BCUT2D eigenvalue weighted by atomic mass is 9.94. The first-order chi connectivity index (χ1) is 7.01. The van der Waals surface area contributed by atoms with Crippen LogP contribution in [0.1, 0.15) is 13.3 Å². The summed E-state index contributed by atoms with van der Waals surface area (Å²) in [4.78, 5) is 10.7. The Morgan fingerprint density at radius 1 is 1.73 bits per heavy atom. The van der Waals surface area contributed by atoms with Gasteiger partial charge in [-0.25, -0.2) is 8.78 Å². The highest BCUT2D eigenvalue weighted by Gasteiger charge is 2.47. The number of allylic oxidation sites excluding steroid dienone is 2. The molecule has 0 aliphatic heterocycles. The molecular formula is C10H12F2O3. The van der Waals surface area contributed by atoms with E-state index in [0.29, 0.717) is 6.42 Å². The van der Waals surface area contributed by atoms with Crippen LogP contribution in [0.25, 0.3) is 0 Å². The van der Waals surface area contributed by atoms with Crippen LogP contribution >= 0.6 is 0 Å². The fourth-order valence-electron chi connectivity index (χ4n) is 1.33. The normalized spacial score (nSPS) is 30.1. The Hall–Kier alpha value is -1.23. The number of hydrogen-bond acceptors (Lipinski definition) is 2. The highest BCUT2D eigenvalue weighted by Crippen LogP contribution is 2.35. The Labute approximate surface area is 86.0 Å². The largest absolute Gasteiger partial charge is 0.481 e. The van der Waals surface area contributed by atoms with Gasteiger partial charge in [0, 0.05) is 0 Å². The minimum Gasteiger partial charge on any atom is -0.481 e. The number of carboxylic acids is 1. The van der Waals surface area contributed by atoms with Crippen LogP contribution < -0.4 is 0 Å². The Bertz CT molecular complexity index is 312. The monoisotopic (exact) mass is 218 g/mol. The van der Waals surface area contributed by atoms with E-state index in [1.54, 1.807) is 6.92 Å². The van der Waals surface area contributed by atoms with Gasteiger partial charge in [-0.05, 0) is 18.6 Å². The number of alkyl halides is 1. The Balaban J connectivity index is 2.90. The summed E-state index contributed by atoms with van der Waals surface area (Å²) in [6.45, 7) is 1.79. The van der Waals surface area contributed by atoms with Crippen molar-refractivity contribution >= 4 is 5.97 Å². The van der Waals surface area contributed by atoms with Crippen LogP contribution in [0, 0.1) is 5.92 Å². The average Bonchev–Trinajstić information content (AvgIpc) is 2.14. The maximum absolute atomic E-state index is 14.0. The zero-order valence-corrected chi connectivity index (χ0v) is 8.24. The van der Waals surface area contributed by atoms with E-state index in [-0.39, 0.29) is 6.61 Å². The molecule has 15 heavy (non-hydrogen) atoms. The number of rotatable bonds is 4. The molecule has 84 valence electrons. The van der Waals surface area contributed by atoms with Gasteiger partial charge in [-0.1, -0.05) is 13.0 Å². The zero-order chi connectivity index (χ0) is 11.5. The average molecular weight is 218 g/mol. The summed E-state index contributed by atoms with van der Waals surface area (Å²) in [5, 5.41) is 8.71. The van der Waals surface area contributed by atoms with E-state index in [1.807, 2.05) is 0 Å². The lowest BCUT2D eigenvalue weighted by Gasteiger charge is -2.29. The number of carbonyl (C=O) groups is 1. The molecule has 0 aromatic rings. The fourth-order valence-corrected chi connectivity index (χ4v) is 1.33. The number of hydrogen-bond donors (Lipinski definition) is 1. The Morgan fingerprint density at radius 2 is 2.40 bits per heavy atom. The summed E-state index contributed by atoms with van der Waals surface area (Å²) in [6, 6.07) is 0. The van der Waals surface area contributed by atoms with Crippen LogP contribution in [-0.2, 0) is 9.53 Å². The molecule has 0 saturated heterocycles. The van der Waals surface area contributed by atoms with E-state index >= 15 is 0 Å². The van der Waals surface area contributed by atoms with Crippen molar-refractivity contribution in [2.24, 2.45) is 5.92 Å². The molecule has 1 rings (SSSR count). The van der Waals surface area contributed by atoms with E-state index in [1.165, 1.54) is 0 Å². The lowest BCUT2D eigenvalue weighted by Crippen LogP contribution is -2.41. The van der Waals surface area contributed by atoms with Gasteiger partial charge in [-0.3, -0.25) is 4.79 Å². The summed E-state index contributed by atoms with van der Waals surface area (Å²) >= 11 is 0. The smallest absolute Gasteiger partial charge is 0.319 e. The van der Waals surface area contributed by atoms with Crippen molar-refractivity contribution < 1.29 is 23.4 Å². The van der Waals surface area contributed by atoms with Crippen LogP contribution in [0.5, 0.6) is 0 Å². The van der Waals surface area contributed by atoms with Crippen molar-refractivity contribution in [2.75, 3.05) is 6.61 Å². The number of ether oxygens (including phenoxy) is 1. The molecule has 2 unspecified atom stereocenters. The van der Waals surface area contributed by atoms with Crippen LogP contribution in [0.15, 0.2) is 24.1 Å². The van der Waals surface area contributed by atoms with Gasteiger partial charge in [-0.15, -0.1) is 0 Å². The Morgan fingerprint density at radius 3 is 2.93 bits per heavy atom.